The lowest BCUT2D eigenvalue weighted by Gasteiger charge is -2.10. The Morgan fingerprint density at radius 1 is 1.30 bits per heavy atom. The number of aromatic nitrogens is 2. The SMILES string of the molecule is CCCNC(=O)Cn1nc2c(c1NC(=O)C(=O)OCC)CSC2. The number of nitrogens with zero attached hydrogens (tertiary/aromatic N) is 2. The molecule has 0 radical (unpaired) electrons. The first kappa shape index (κ1) is 17.3. The average Bonchev–Trinajstić information content (AvgIpc) is 3.08. The van der Waals surface area contributed by atoms with E-state index in [1.165, 1.54) is 4.68 Å². The first-order chi connectivity index (χ1) is 11.1. The monoisotopic (exact) mass is 340 g/mol. The number of carbonyl (C=O) groups excluding carboxylic acids is 3. The first-order valence-corrected chi connectivity index (χ1v) is 8.63. The fourth-order valence-corrected chi connectivity index (χ4v) is 3.17. The van der Waals surface area contributed by atoms with E-state index in [1.807, 2.05) is 6.92 Å². The molecule has 0 saturated carbocycles. The Labute approximate surface area is 138 Å². The topological polar surface area (TPSA) is 102 Å². The summed E-state index contributed by atoms with van der Waals surface area (Å²) >= 11 is 1.67. The zero-order chi connectivity index (χ0) is 16.8. The summed E-state index contributed by atoms with van der Waals surface area (Å²) in [6.07, 6.45) is 0.838. The molecule has 0 fully saturated rings. The van der Waals surface area contributed by atoms with Gasteiger partial charge >= 0.3 is 11.9 Å². The van der Waals surface area contributed by atoms with Crippen molar-refractivity contribution in [2.75, 3.05) is 18.5 Å². The Bertz CT molecular complexity index is 614. The molecule has 23 heavy (non-hydrogen) atoms. The molecule has 8 nitrogen and oxygen atoms in total. The van der Waals surface area contributed by atoms with Crippen LogP contribution in [0.4, 0.5) is 5.82 Å². The molecule has 0 saturated heterocycles. The maximum absolute atomic E-state index is 11.9. The molecule has 1 aliphatic heterocycles. The van der Waals surface area contributed by atoms with Crippen LogP contribution in [0, 0.1) is 0 Å². The van der Waals surface area contributed by atoms with Crippen molar-refractivity contribution in [3.63, 3.8) is 0 Å². The Kier molecular flexibility index (Phi) is 6.03. The van der Waals surface area contributed by atoms with E-state index in [0.29, 0.717) is 18.1 Å². The van der Waals surface area contributed by atoms with Crippen LogP contribution in [0.25, 0.3) is 0 Å². The summed E-state index contributed by atoms with van der Waals surface area (Å²) in [5.74, 6) is -0.190. The molecule has 2 amide bonds. The number of amides is 2. The molecule has 0 aromatic carbocycles. The van der Waals surface area contributed by atoms with Gasteiger partial charge in [-0.1, -0.05) is 6.92 Å². The van der Waals surface area contributed by atoms with Crippen LogP contribution in [0.2, 0.25) is 0 Å². The van der Waals surface area contributed by atoms with E-state index in [0.717, 1.165) is 23.4 Å². The highest BCUT2D eigenvalue weighted by Gasteiger charge is 2.26. The number of carbonyl (C=O) groups is 3. The van der Waals surface area contributed by atoms with Gasteiger partial charge in [0.15, 0.2) is 0 Å². The van der Waals surface area contributed by atoms with Crippen LogP contribution >= 0.6 is 11.8 Å². The number of hydrogen-bond donors (Lipinski definition) is 2. The lowest BCUT2D eigenvalue weighted by atomic mass is 10.3. The van der Waals surface area contributed by atoms with Crippen molar-refractivity contribution in [2.24, 2.45) is 0 Å². The normalized spacial score (nSPS) is 12.6. The van der Waals surface area contributed by atoms with Crippen molar-refractivity contribution in [1.82, 2.24) is 15.1 Å². The lowest BCUT2D eigenvalue weighted by molar-refractivity contribution is -0.152. The highest BCUT2D eigenvalue weighted by molar-refractivity contribution is 7.98. The molecule has 1 aromatic heterocycles. The zero-order valence-electron chi connectivity index (χ0n) is 13.2. The van der Waals surface area contributed by atoms with Gasteiger partial charge in [-0.25, -0.2) is 9.48 Å². The van der Waals surface area contributed by atoms with E-state index < -0.39 is 11.9 Å². The number of rotatable bonds is 6. The van der Waals surface area contributed by atoms with Gasteiger partial charge in [-0.2, -0.15) is 16.9 Å². The Morgan fingerprint density at radius 3 is 2.78 bits per heavy atom. The molecule has 2 N–H and O–H groups in total. The summed E-state index contributed by atoms with van der Waals surface area (Å²) in [5.41, 5.74) is 1.69. The van der Waals surface area contributed by atoms with Crippen molar-refractivity contribution in [2.45, 2.75) is 38.3 Å². The van der Waals surface area contributed by atoms with Gasteiger partial charge in [-0.3, -0.25) is 9.59 Å². The van der Waals surface area contributed by atoms with Crippen LogP contribution in [0.15, 0.2) is 0 Å². The van der Waals surface area contributed by atoms with Gasteiger partial charge in [-0.15, -0.1) is 0 Å². The minimum atomic E-state index is -0.949. The van der Waals surface area contributed by atoms with E-state index in [1.54, 1.807) is 18.7 Å². The summed E-state index contributed by atoms with van der Waals surface area (Å²) in [4.78, 5) is 35.3. The summed E-state index contributed by atoms with van der Waals surface area (Å²) in [5, 5.41) is 9.66. The molecule has 0 bridgehead atoms. The zero-order valence-corrected chi connectivity index (χ0v) is 14.0. The third-order valence-corrected chi connectivity index (χ3v) is 4.15. The Balaban J connectivity index is 2.15. The molecular weight excluding hydrogens is 320 g/mol. The highest BCUT2D eigenvalue weighted by Crippen LogP contribution is 2.34. The van der Waals surface area contributed by atoms with Gasteiger partial charge < -0.3 is 15.4 Å². The molecule has 9 heteroatoms. The second-order valence-corrected chi connectivity index (χ2v) is 5.93. The van der Waals surface area contributed by atoms with E-state index in [9.17, 15) is 14.4 Å². The quantitative estimate of drug-likeness (QED) is 0.582. The number of ether oxygens (including phenoxy) is 1. The molecule has 0 aliphatic carbocycles. The molecule has 1 aliphatic rings. The fraction of sp³-hybridized carbons (Fsp3) is 0.571. The van der Waals surface area contributed by atoms with Gasteiger partial charge in [0, 0.05) is 23.6 Å². The van der Waals surface area contributed by atoms with Crippen LogP contribution in [0.3, 0.4) is 0 Å². The summed E-state index contributed by atoms with van der Waals surface area (Å²) in [6.45, 7) is 4.29. The number of nitrogens with one attached hydrogen (secondary N) is 2. The van der Waals surface area contributed by atoms with Crippen LogP contribution in [0.5, 0.6) is 0 Å². The van der Waals surface area contributed by atoms with Crippen molar-refractivity contribution in [3.05, 3.63) is 11.3 Å². The van der Waals surface area contributed by atoms with Gasteiger partial charge in [0.25, 0.3) is 0 Å². The third-order valence-electron chi connectivity index (χ3n) is 3.18. The Morgan fingerprint density at radius 2 is 2.09 bits per heavy atom. The van der Waals surface area contributed by atoms with Gasteiger partial charge in [0.1, 0.15) is 12.4 Å². The van der Waals surface area contributed by atoms with Crippen LogP contribution in [0.1, 0.15) is 31.5 Å². The second kappa shape index (κ2) is 8.00. The van der Waals surface area contributed by atoms with Crippen molar-refractivity contribution >= 4 is 35.4 Å². The fourth-order valence-electron chi connectivity index (χ4n) is 2.13. The molecule has 2 rings (SSSR count). The maximum atomic E-state index is 11.9. The van der Waals surface area contributed by atoms with E-state index in [-0.39, 0.29) is 19.1 Å². The van der Waals surface area contributed by atoms with E-state index in [2.05, 4.69) is 20.5 Å². The van der Waals surface area contributed by atoms with Crippen LogP contribution in [-0.2, 0) is 37.2 Å². The number of fused-ring (bicyclic) bond motifs is 1. The standard InChI is InChI=1S/C14H20N4O4S/c1-3-5-15-11(19)6-18-12(9-7-23-8-10(9)17-18)16-13(20)14(21)22-4-2/h3-8H2,1-2H3,(H,15,19)(H,16,20). The predicted octanol–water partition coefficient (Wildman–Crippen LogP) is 0.658. The van der Waals surface area contributed by atoms with Crippen LogP contribution < -0.4 is 10.6 Å². The lowest BCUT2D eigenvalue weighted by Crippen LogP contribution is -2.31. The van der Waals surface area contributed by atoms with E-state index in [4.69, 9.17) is 0 Å². The minimum absolute atomic E-state index is 0.00386. The number of hydrogen-bond acceptors (Lipinski definition) is 6. The largest absolute Gasteiger partial charge is 0.459 e. The number of thioether (sulfide) groups is 1. The minimum Gasteiger partial charge on any atom is -0.459 e. The van der Waals surface area contributed by atoms with Crippen LogP contribution in [-0.4, -0.2) is 40.7 Å². The number of esters is 1. The molecule has 2 heterocycles. The predicted molar refractivity (Wildman–Crippen MR) is 85.8 cm³/mol. The highest BCUT2D eigenvalue weighted by atomic mass is 32.2. The molecule has 0 atom stereocenters. The van der Waals surface area contributed by atoms with Gasteiger partial charge in [-0.05, 0) is 13.3 Å². The van der Waals surface area contributed by atoms with Crippen molar-refractivity contribution < 1.29 is 19.1 Å². The first-order valence-electron chi connectivity index (χ1n) is 7.47. The van der Waals surface area contributed by atoms with Gasteiger partial charge in [0.05, 0.1) is 12.3 Å². The third kappa shape index (κ3) is 4.25. The smallest absolute Gasteiger partial charge is 0.397 e. The summed E-state index contributed by atoms with van der Waals surface area (Å²) in [6, 6.07) is 0. The Hall–Kier alpha value is -2.03. The van der Waals surface area contributed by atoms with Gasteiger partial charge in [0.2, 0.25) is 5.91 Å². The molecule has 0 unspecified atom stereocenters. The molecule has 0 spiro atoms. The maximum Gasteiger partial charge on any atom is 0.397 e. The summed E-state index contributed by atoms with van der Waals surface area (Å²) < 4.78 is 6.12. The number of anilines is 1. The molecule has 1 aromatic rings. The molecule has 126 valence electrons. The van der Waals surface area contributed by atoms with E-state index >= 15 is 0 Å². The average molecular weight is 340 g/mol. The molecular formula is C14H20N4O4S. The second-order valence-electron chi connectivity index (χ2n) is 4.95. The summed E-state index contributed by atoms with van der Waals surface area (Å²) in [7, 11) is 0. The van der Waals surface area contributed by atoms with Crippen molar-refractivity contribution in [1.29, 1.82) is 0 Å². The van der Waals surface area contributed by atoms with Crippen molar-refractivity contribution in [3.8, 4) is 0 Å².